The van der Waals surface area contributed by atoms with Crippen LogP contribution in [-0.2, 0) is 11.2 Å². The number of carboxylic acid groups (broad SMARTS) is 1. The Labute approximate surface area is 89.3 Å². The van der Waals surface area contributed by atoms with Crippen molar-refractivity contribution in [2.45, 2.75) is 12.5 Å². The molecular formula is C7H9N7O2. The molecule has 2 aromatic heterocycles. The van der Waals surface area contributed by atoms with E-state index in [1.165, 1.54) is 6.33 Å². The van der Waals surface area contributed by atoms with E-state index in [2.05, 4.69) is 35.9 Å². The summed E-state index contributed by atoms with van der Waals surface area (Å²) in [5, 5.41) is 24.3. The highest BCUT2D eigenvalue weighted by Gasteiger charge is 2.19. The summed E-state index contributed by atoms with van der Waals surface area (Å²) < 4.78 is 0. The van der Waals surface area contributed by atoms with Crippen LogP contribution < -0.4 is 5.32 Å². The smallest absolute Gasteiger partial charge is 0.326 e. The number of carboxylic acids is 1. The average molecular weight is 223 g/mol. The number of nitrogens with zero attached hydrogens (tertiary/aromatic N) is 4. The van der Waals surface area contributed by atoms with Gasteiger partial charge >= 0.3 is 5.97 Å². The highest BCUT2D eigenvalue weighted by molar-refractivity contribution is 5.76. The topological polar surface area (TPSA) is 132 Å². The molecule has 0 fully saturated rings. The van der Waals surface area contributed by atoms with Crippen LogP contribution in [0.3, 0.4) is 0 Å². The Morgan fingerprint density at radius 1 is 1.62 bits per heavy atom. The van der Waals surface area contributed by atoms with E-state index < -0.39 is 12.0 Å². The van der Waals surface area contributed by atoms with Gasteiger partial charge in [-0.25, -0.2) is 14.9 Å². The second-order valence-corrected chi connectivity index (χ2v) is 3.05. The number of anilines is 1. The number of aromatic nitrogens is 6. The van der Waals surface area contributed by atoms with E-state index >= 15 is 0 Å². The van der Waals surface area contributed by atoms with Crippen LogP contribution in [0.1, 0.15) is 5.69 Å². The van der Waals surface area contributed by atoms with E-state index in [4.69, 9.17) is 5.11 Å². The molecule has 0 aromatic carbocycles. The van der Waals surface area contributed by atoms with E-state index in [1.54, 1.807) is 6.20 Å². The predicted molar refractivity (Wildman–Crippen MR) is 51.5 cm³/mol. The molecule has 0 bridgehead atoms. The van der Waals surface area contributed by atoms with Crippen molar-refractivity contribution in [3.05, 3.63) is 18.2 Å². The van der Waals surface area contributed by atoms with Crippen LogP contribution in [0.5, 0.6) is 0 Å². The predicted octanol–water partition coefficient (Wildman–Crippen LogP) is -0.969. The molecule has 0 spiro atoms. The number of hydrogen-bond acceptors (Lipinski definition) is 6. The Morgan fingerprint density at radius 3 is 3.06 bits per heavy atom. The molecule has 1 unspecified atom stereocenters. The van der Waals surface area contributed by atoms with Crippen molar-refractivity contribution in [2.24, 2.45) is 0 Å². The highest BCUT2D eigenvalue weighted by Crippen LogP contribution is 2.03. The van der Waals surface area contributed by atoms with Crippen LogP contribution >= 0.6 is 0 Å². The Hall–Kier alpha value is -2.45. The van der Waals surface area contributed by atoms with E-state index in [1.807, 2.05) is 0 Å². The molecule has 9 nitrogen and oxygen atoms in total. The van der Waals surface area contributed by atoms with Gasteiger partial charge < -0.3 is 15.4 Å². The molecule has 0 saturated carbocycles. The van der Waals surface area contributed by atoms with Crippen molar-refractivity contribution in [1.29, 1.82) is 0 Å². The molecule has 2 rings (SSSR count). The van der Waals surface area contributed by atoms with E-state index in [9.17, 15) is 4.79 Å². The number of carbonyl (C=O) groups is 1. The van der Waals surface area contributed by atoms with E-state index in [-0.39, 0.29) is 12.4 Å². The lowest BCUT2D eigenvalue weighted by Crippen LogP contribution is -2.32. The molecule has 0 aliphatic carbocycles. The molecule has 2 aromatic rings. The molecule has 0 aliphatic heterocycles. The van der Waals surface area contributed by atoms with Gasteiger partial charge in [0.2, 0.25) is 5.95 Å². The second kappa shape index (κ2) is 4.38. The maximum absolute atomic E-state index is 11.0. The minimum atomic E-state index is -1.00. The number of hydrogen-bond donors (Lipinski definition) is 4. The summed E-state index contributed by atoms with van der Waals surface area (Å²) in [5.41, 5.74) is 0.646. The van der Waals surface area contributed by atoms with Crippen LogP contribution in [0, 0.1) is 0 Å². The van der Waals surface area contributed by atoms with Gasteiger partial charge in [-0.3, -0.25) is 0 Å². The summed E-state index contributed by atoms with van der Waals surface area (Å²) >= 11 is 0. The molecule has 0 saturated heterocycles. The van der Waals surface area contributed by atoms with Gasteiger partial charge in [0.15, 0.2) is 0 Å². The van der Waals surface area contributed by atoms with Crippen molar-refractivity contribution in [3.8, 4) is 0 Å². The summed E-state index contributed by atoms with van der Waals surface area (Å²) in [5.74, 6) is -0.790. The lowest BCUT2D eigenvalue weighted by molar-refractivity contribution is -0.137. The van der Waals surface area contributed by atoms with Crippen molar-refractivity contribution >= 4 is 11.9 Å². The van der Waals surface area contributed by atoms with Gasteiger partial charge in [-0.1, -0.05) is 5.10 Å². The lowest BCUT2D eigenvalue weighted by atomic mass is 10.2. The maximum Gasteiger partial charge on any atom is 0.326 e. The summed E-state index contributed by atoms with van der Waals surface area (Å²) in [6.45, 7) is 0. The van der Waals surface area contributed by atoms with Gasteiger partial charge in [-0.15, -0.1) is 0 Å². The molecule has 2 heterocycles. The van der Waals surface area contributed by atoms with Gasteiger partial charge in [0.05, 0.1) is 12.0 Å². The van der Waals surface area contributed by atoms with Gasteiger partial charge in [-0.2, -0.15) is 0 Å². The summed E-state index contributed by atoms with van der Waals surface area (Å²) in [6, 6.07) is -0.835. The summed E-state index contributed by atoms with van der Waals surface area (Å²) in [4.78, 5) is 17.7. The molecule has 0 aliphatic rings. The van der Waals surface area contributed by atoms with Crippen LogP contribution in [0.15, 0.2) is 12.5 Å². The third kappa shape index (κ3) is 2.32. The lowest BCUT2D eigenvalue weighted by Gasteiger charge is -2.10. The molecule has 4 N–H and O–H groups in total. The first-order chi connectivity index (χ1) is 7.75. The quantitative estimate of drug-likeness (QED) is 0.512. The number of aliphatic carboxylic acids is 1. The number of H-pyrrole nitrogens is 2. The van der Waals surface area contributed by atoms with Crippen LogP contribution in [-0.4, -0.2) is 47.7 Å². The highest BCUT2D eigenvalue weighted by atomic mass is 16.4. The Bertz CT molecular complexity index is 401. The van der Waals surface area contributed by atoms with Crippen LogP contribution in [0.25, 0.3) is 0 Å². The normalized spacial score (nSPS) is 12.2. The van der Waals surface area contributed by atoms with Gasteiger partial charge in [0, 0.05) is 12.6 Å². The molecule has 84 valence electrons. The Balaban J connectivity index is 2.03. The standard InChI is InChI=1S/C7H9N7O2/c15-6(16)5(1-4-2-8-3-9-4)10-7-11-13-14-12-7/h2-3,5H,1H2,(H,8,9)(H,15,16)(H2,10,11,12,13,14). The first kappa shape index (κ1) is 10.1. The molecule has 0 radical (unpaired) electrons. The largest absolute Gasteiger partial charge is 0.480 e. The fourth-order valence-corrected chi connectivity index (χ4v) is 1.20. The van der Waals surface area contributed by atoms with Crippen molar-refractivity contribution in [1.82, 2.24) is 30.6 Å². The zero-order valence-electron chi connectivity index (χ0n) is 8.08. The Morgan fingerprint density at radius 2 is 2.50 bits per heavy atom. The molecule has 1 atom stereocenters. The van der Waals surface area contributed by atoms with E-state index in [0.29, 0.717) is 5.69 Å². The zero-order valence-corrected chi connectivity index (χ0v) is 8.08. The summed E-state index contributed by atoms with van der Waals surface area (Å²) in [7, 11) is 0. The number of imidazole rings is 1. The third-order valence-electron chi connectivity index (χ3n) is 1.92. The molecule has 9 heteroatoms. The zero-order chi connectivity index (χ0) is 11.4. The van der Waals surface area contributed by atoms with Gasteiger partial charge in [-0.05, 0) is 10.4 Å². The summed E-state index contributed by atoms with van der Waals surface area (Å²) in [6.07, 6.45) is 3.36. The molecule has 16 heavy (non-hydrogen) atoms. The first-order valence-electron chi connectivity index (χ1n) is 4.46. The fraction of sp³-hybridized carbons (Fsp3) is 0.286. The SMILES string of the molecule is O=C(O)C(Cc1c[nH]cn1)Nc1nnn[nH]1. The number of aromatic amines is 2. The van der Waals surface area contributed by atoms with Gasteiger partial charge in [0.25, 0.3) is 0 Å². The van der Waals surface area contributed by atoms with Gasteiger partial charge in [0.1, 0.15) is 6.04 Å². The number of tetrazole rings is 1. The third-order valence-corrected chi connectivity index (χ3v) is 1.92. The molecule has 0 amide bonds. The minimum Gasteiger partial charge on any atom is -0.480 e. The minimum absolute atomic E-state index is 0.211. The monoisotopic (exact) mass is 223 g/mol. The number of rotatable bonds is 5. The van der Waals surface area contributed by atoms with Crippen molar-refractivity contribution in [2.75, 3.05) is 5.32 Å². The fourth-order valence-electron chi connectivity index (χ4n) is 1.20. The van der Waals surface area contributed by atoms with Crippen molar-refractivity contribution < 1.29 is 9.90 Å². The van der Waals surface area contributed by atoms with E-state index in [0.717, 1.165) is 0 Å². The van der Waals surface area contributed by atoms with Crippen molar-refractivity contribution in [3.63, 3.8) is 0 Å². The average Bonchev–Trinajstić information content (AvgIpc) is 2.88. The van der Waals surface area contributed by atoms with Crippen LogP contribution in [0.2, 0.25) is 0 Å². The molecular weight excluding hydrogens is 214 g/mol. The second-order valence-electron chi connectivity index (χ2n) is 3.05. The first-order valence-corrected chi connectivity index (χ1v) is 4.46. The Kier molecular flexibility index (Phi) is 2.76. The maximum atomic E-state index is 11.0. The number of nitrogens with one attached hydrogen (secondary N) is 3. The van der Waals surface area contributed by atoms with Crippen LogP contribution in [0.4, 0.5) is 5.95 Å².